The fourth-order valence-corrected chi connectivity index (χ4v) is 3.64. The summed E-state index contributed by atoms with van der Waals surface area (Å²) in [5.41, 5.74) is 7.09. The number of anilines is 2. The van der Waals surface area contributed by atoms with Crippen molar-refractivity contribution in [3.8, 4) is 5.06 Å². The summed E-state index contributed by atoms with van der Waals surface area (Å²) in [5.74, 6) is -4.49. The monoisotopic (exact) mass is 446 g/mol. The van der Waals surface area contributed by atoms with Crippen LogP contribution in [0.4, 0.5) is 10.8 Å². The third-order valence-electron chi connectivity index (χ3n) is 4.70. The molecule has 0 radical (unpaired) electrons. The Morgan fingerprint density at radius 3 is 2.19 bits per heavy atom. The summed E-state index contributed by atoms with van der Waals surface area (Å²) >= 11 is 0.742. The van der Waals surface area contributed by atoms with E-state index in [1.165, 1.54) is 12.1 Å². The van der Waals surface area contributed by atoms with Crippen LogP contribution in [0.3, 0.4) is 0 Å². The Kier molecular flexibility index (Phi) is 7.11. The number of nitrogens with two attached hydrogens (primary N) is 1. The molecule has 3 aromatic rings. The number of nitrogen functional groups attached to an aromatic ring is 1. The van der Waals surface area contributed by atoms with Crippen LogP contribution in [0.5, 0.6) is 5.06 Å². The summed E-state index contributed by atoms with van der Waals surface area (Å²) in [6, 6.07) is 16.1. The normalized spacial score (nSPS) is 12.1. The summed E-state index contributed by atoms with van der Waals surface area (Å²) in [6.45, 7) is 0.177. The Bertz CT molecular complexity index is 977. The molecule has 31 heavy (non-hydrogen) atoms. The largest absolute Gasteiger partial charge is 0.498 e. The highest BCUT2D eigenvalue weighted by Gasteiger charge is 2.33. The van der Waals surface area contributed by atoms with Crippen LogP contribution in [0, 0.1) is 0 Å². The third-order valence-corrected chi connectivity index (χ3v) is 5.38. The van der Waals surface area contributed by atoms with Gasteiger partial charge in [-0.3, -0.25) is 0 Å². The Morgan fingerprint density at radius 2 is 1.58 bits per heavy atom. The van der Waals surface area contributed by atoms with Crippen LogP contribution in [0.15, 0.2) is 54.6 Å². The molecule has 0 spiro atoms. The SMILES string of the molecule is Nc1nc(C(O)(O)CNc2ccc(C(O)(O)CNCCc3ccccc3)cc2)c(O)s1. The van der Waals surface area contributed by atoms with Gasteiger partial charge in [0.2, 0.25) is 16.6 Å². The average molecular weight is 447 g/mol. The van der Waals surface area contributed by atoms with E-state index in [0.717, 1.165) is 23.3 Å². The molecule has 0 bridgehead atoms. The summed E-state index contributed by atoms with van der Waals surface area (Å²) in [4.78, 5) is 3.73. The summed E-state index contributed by atoms with van der Waals surface area (Å²) in [5, 5.41) is 56.2. The van der Waals surface area contributed by atoms with E-state index in [-0.39, 0.29) is 34.5 Å². The van der Waals surface area contributed by atoms with Crippen molar-refractivity contribution in [1.29, 1.82) is 0 Å². The van der Waals surface area contributed by atoms with E-state index >= 15 is 0 Å². The summed E-state index contributed by atoms with van der Waals surface area (Å²) in [6.07, 6.45) is 0.768. The highest BCUT2D eigenvalue weighted by Crippen LogP contribution is 2.34. The molecule has 0 aliphatic rings. The second kappa shape index (κ2) is 9.60. The number of aliphatic hydroxyl groups is 4. The molecule has 0 saturated heterocycles. The van der Waals surface area contributed by atoms with Crippen molar-refractivity contribution < 1.29 is 25.5 Å². The van der Waals surface area contributed by atoms with Crippen LogP contribution in [-0.4, -0.2) is 50.2 Å². The fraction of sp³-hybridized carbons (Fsp3) is 0.286. The molecule has 0 amide bonds. The molecular weight excluding hydrogens is 420 g/mol. The maximum atomic E-state index is 10.4. The maximum absolute atomic E-state index is 10.4. The number of hydrogen-bond donors (Lipinski definition) is 8. The number of rotatable bonds is 10. The molecule has 9 nitrogen and oxygen atoms in total. The molecule has 10 heteroatoms. The lowest BCUT2D eigenvalue weighted by Gasteiger charge is -2.24. The molecule has 0 aliphatic carbocycles. The van der Waals surface area contributed by atoms with E-state index in [1.807, 2.05) is 30.3 Å². The molecule has 0 aliphatic heterocycles. The van der Waals surface area contributed by atoms with Crippen molar-refractivity contribution >= 4 is 22.2 Å². The smallest absolute Gasteiger partial charge is 0.230 e. The Hall–Kier alpha value is -2.73. The van der Waals surface area contributed by atoms with Crippen molar-refractivity contribution in [2.45, 2.75) is 18.0 Å². The van der Waals surface area contributed by atoms with Crippen LogP contribution in [0.2, 0.25) is 0 Å². The summed E-state index contributed by atoms with van der Waals surface area (Å²) < 4.78 is 0. The standard InChI is InChI=1S/C21H26N4O5S/c22-19-25-17(18(26)31-19)21(29,30)13-24-16-8-6-15(7-9-16)20(27,28)12-23-11-10-14-4-2-1-3-5-14/h1-9,23-24,26-30H,10-13H2,(H2,22,25). The first-order chi connectivity index (χ1) is 14.7. The molecule has 1 heterocycles. The third kappa shape index (κ3) is 6.14. The summed E-state index contributed by atoms with van der Waals surface area (Å²) in [7, 11) is 0. The Morgan fingerprint density at radius 1 is 0.903 bits per heavy atom. The predicted octanol–water partition coefficient (Wildman–Crippen LogP) is 0.650. The van der Waals surface area contributed by atoms with E-state index in [2.05, 4.69) is 15.6 Å². The Balaban J connectivity index is 1.52. The van der Waals surface area contributed by atoms with Gasteiger partial charge in [0.05, 0.1) is 13.1 Å². The quantitative estimate of drug-likeness (QED) is 0.165. The van der Waals surface area contributed by atoms with Crippen molar-refractivity contribution in [2.75, 3.05) is 30.7 Å². The van der Waals surface area contributed by atoms with Gasteiger partial charge in [-0.2, -0.15) is 0 Å². The second-order valence-electron chi connectivity index (χ2n) is 7.18. The molecular formula is C21H26N4O5S. The average Bonchev–Trinajstić information content (AvgIpc) is 3.10. The van der Waals surface area contributed by atoms with Crippen LogP contribution >= 0.6 is 11.3 Å². The Labute approximate surface area is 183 Å². The predicted molar refractivity (Wildman–Crippen MR) is 118 cm³/mol. The molecule has 0 fully saturated rings. The maximum Gasteiger partial charge on any atom is 0.230 e. The highest BCUT2D eigenvalue weighted by atomic mass is 32.1. The fourth-order valence-electron chi connectivity index (χ4n) is 3.00. The molecule has 2 aromatic carbocycles. The van der Waals surface area contributed by atoms with Crippen LogP contribution in [0.1, 0.15) is 16.8 Å². The molecule has 0 saturated carbocycles. The van der Waals surface area contributed by atoms with Gasteiger partial charge in [0.1, 0.15) is 0 Å². The van der Waals surface area contributed by atoms with E-state index in [4.69, 9.17) is 5.73 Å². The molecule has 1 aromatic heterocycles. The van der Waals surface area contributed by atoms with Gasteiger partial charge in [-0.15, -0.1) is 0 Å². The van der Waals surface area contributed by atoms with Crippen LogP contribution in [0.25, 0.3) is 0 Å². The zero-order chi connectivity index (χ0) is 22.5. The molecule has 0 unspecified atom stereocenters. The number of benzene rings is 2. The second-order valence-corrected chi connectivity index (χ2v) is 8.19. The topological polar surface area (TPSA) is 164 Å². The molecule has 166 valence electrons. The highest BCUT2D eigenvalue weighted by molar-refractivity contribution is 7.17. The molecule has 3 rings (SSSR count). The minimum absolute atomic E-state index is 0.0175. The van der Waals surface area contributed by atoms with E-state index in [1.54, 1.807) is 12.1 Å². The van der Waals surface area contributed by atoms with Gasteiger partial charge >= 0.3 is 0 Å². The number of nitrogens with one attached hydrogen (secondary N) is 2. The van der Waals surface area contributed by atoms with E-state index in [0.29, 0.717) is 12.2 Å². The first-order valence-corrected chi connectivity index (χ1v) is 10.4. The van der Waals surface area contributed by atoms with Crippen LogP contribution < -0.4 is 16.4 Å². The minimum atomic E-state index is -2.43. The lowest BCUT2D eigenvalue weighted by molar-refractivity contribution is -0.165. The first-order valence-electron chi connectivity index (χ1n) is 9.62. The van der Waals surface area contributed by atoms with Crippen molar-refractivity contribution in [3.05, 3.63) is 71.4 Å². The van der Waals surface area contributed by atoms with Crippen molar-refractivity contribution in [1.82, 2.24) is 10.3 Å². The zero-order valence-corrected chi connectivity index (χ0v) is 17.5. The van der Waals surface area contributed by atoms with Crippen molar-refractivity contribution in [3.63, 3.8) is 0 Å². The van der Waals surface area contributed by atoms with Gasteiger partial charge in [-0.25, -0.2) is 4.98 Å². The van der Waals surface area contributed by atoms with Gasteiger partial charge in [0.25, 0.3) is 0 Å². The van der Waals surface area contributed by atoms with Gasteiger partial charge < -0.3 is 41.9 Å². The number of aromatic hydroxyl groups is 1. The minimum Gasteiger partial charge on any atom is -0.498 e. The van der Waals surface area contributed by atoms with Crippen LogP contribution in [-0.2, 0) is 18.0 Å². The first kappa shape index (κ1) is 22.9. The van der Waals surface area contributed by atoms with Crippen molar-refractivity contribution in [2.24, 2.45) is 0 Å². The van der Waals surface area contributed by atoms with E-state index < -0.39 is 11.6 Å². The van der Waals surface area contributed by atoms with Gasteiger partial charge in [0.15, 0.2) is 10.8 Å². The van der Waals surface area contributed by atoms with E-state index in [9.17, 15) is 25.5 Å². The van der Waals surface area contributed by atoms with Gasteiger partial charge in [-0.1, -0.05) is 53.8 Å². The molecule has 9 N–H and O–H groups in total. The van der Waals surface area contributed by atoms with Gasteiger partial charge in [0, 0.05) is 11.3 Å². The zero-order valence-electron chi connectivity index (χ0n) is 16.7. The number of hydrogen-bond acceptors (Lipinski definition) is 10. The lowest BCUT2D eigenvalue weighted by atomic mass is 10.0. The number of thiazole rings is 1. The lowest BCUT2D eigenvalue weighted by Crippen LogP contribution is -2.38. The molecule has 0 atom stereocenters. The van der Waals surface area contributed by atoms with Gasteiger partial charge in [-0.05, 0) is 30.7 Å². The number of aromatic nitrogens is 1. The number of nitrogens with zero attached hydrogens (tertiary/aromatic N) is 1.